The van der Waals surface area contributed by atoms with Crippen molar-refractivity contribution in [3.8, 4) is 11.5 Å². The van der Waals surface area contributed by atoms with Crippen LogP contribution < -0.4 is 9.47 Å². The molecule has 0 aliphatic carbocycles. The number of hydroxylamine groups is 1. The Bertz CT molecular complexity index is 636. The van der Waals surface area contributed by atoms with Gasteiger partial charge >= 0.3 is 0 Å². The van der Waals surface area contributed by atoms with Gasteiger partial charge in [-0.2, -0.15) is 0 Å². The van der Waals surface area contributed by atoms with Crippen LogP contribution in [-0.2, 0) is 6.61 Å². The fourth-order valence-electron chi connectivity index (χ4n) is 1.92. The van der Waals surface area contributed by atoms with Crippen LogP contribution in [0.25, 0.3) is 0 Å². The van der Waals surface area contributed by atoms with E-state index < -0.39 is 0 Å². The second-order valence-electron chi connectivity index (χ2n) is 5.27. The lowest BCUT2D eigenvalue weighted by molar-refractivity contribution is -0.487. The molecule has 2 rings (SSSR count). The zero-order chi connectivity index (χ0) is 15.9. The molecule has 0 unspecified atom stereocenters. The summed E-state index contributed by atoms with van der Waals surface area (Å²) < 4.78 is 12.1. The summed E-state index contributed by atoms with van der Waals surface area (Å²) in [5.41, 5.74) is 1.87. The molecule has 0 bridgehead atoms. The lowest BCUT2D eigenvalue weighted by atomic mass is 10.2. The van der Waals surface area contributed by atoms with E-state index in [9.17, 15) is 5.21 Å². The molecule has 0 atom stereocenters. The van der Waals surface area contributed by atoms with Crippen molar-refractivity contribution in [1.29, 1.82) is 0 Å². The van der Waals surface area contributed by atoms with Crippen molar-refractivity contribution in [2.75, 3.05) is 7.11 Å². The molecule has 0 aromatic heterocycles. The molecule has 0 amide bonds. The smallest absolute Gasteiger partial charge is 0.182 e. The Hall–Kier alpha value is -2.49. The molecule has 0 N–H and O–H groups in total. The van der Waals surface area contributed by atoms with Gasteiger partial charge in [-0.05, 0) is 37.6 Å². The molecule has 0 fully saturated rings. The third-order valence-corrected chi connectivity index (χ3v) is 3.21. The minimum Gasteiger partial charge on any atom is -0.624 e. The molecule has 0 radical (unpaired) electrons. The Morgan fingerprint density at radius 1 is 1.09 bits per heavy atom. The van der Waals surface area contributed by atoms with E-state index in [1.54, 1.807) is 19.4 Å². The number of hydrogen-bond donors (Lipinski definition) is 0. The molecule has 0 heterocycles. The van der Waals surface area contributed by atoms with Crippen LogP contribution in [0, 0.1) is 5.21 Å². The number of hydrogen-bond acceptors (Lipinski definition) is 3. The first-order valence-corrected chi connectivity index (χ1v) is 7.25. The van der Waals surface area contributed by atoms with Gasteiger partial charge in [0.1, 0.15) is 6.61 Å². The minimum atomic E-state index is -0.0972. The zero-order valence-electron chi connectivity index (χ0n) is 13.2. The second-order valence-corrected chi connectivity index (χ2v) is 5.27. The molecule has 4 nitrogen and oxygen atoms in total. The summed E-state index contributed by atoms with van der Waals surface area (Å²) in [4.78, 5) is 0. The fraction of sp³-hybridized carbons (Fsp3) is 0.278. The molecule has 0 saturated heterocycles. The van der Waals surface area contributed by atoms with E-state index in [0.29, 0.717) is 18.1 Å². The summed E-state index contributed by atoms with van der Waals surface area (Å²) in [6.45, 7) is 4.16. The first-order chi connectivity index (χ1) is 10.6. The van der Waals surface area contributed by atoms with Gasteiger partial charge < -0.3 is 14.7 Å². The maximum absolute atomic E-state index is 11.7. The lowest BCUT2D eigenvalue weighted by Crippen LogP contribution is -2.14. The van der Waals surface area contributed by atoms with Gasteiger partial charge in [0.05, 0.1) is 7.11 Å². The topological polar surface area (TPSA) is 44.5 Å². The highest BCUT2D eigenvalue weighted by Gasteiger charge is 2.08. The van der Waals surface area contributed by atoms with E-state index >= 15 is 0 Å². The van der Waals surface area contributed by atoms with Gasteiger partial charge in [-0.3, -0.25) is 0 Å². The van der Waals surface area contributed by atoms with E-state index in [2.05, 4.69) is 0 Å². The van der Waals surface area contributed by atoms with Crippen molar-refractivity contribution in [1.82, 2.24) is 0 Å². The highest BCUT2D eigenvalue weighted by molar-refractivity contribution is 5.77. The average molecular weight is 299 g/mol. The standard InChI is InChI=1S/C18H21NO3/c1-14(2)19(20)12-16-9-10-17(18(11-16)21-3)22-13-15-7-5-4-6-8-15/h4-12,14H,13H2,1-3H3. The largest absolute Gasteiger partial charge is 0.624 e. The minimum absolute atomic E-state index is 0.0972. The normalized spacial score (nSPS) is 11.5. The highest BCUT2D eigenvalue weighted by Crippen LogP contribution is 2.28. The number of rotatable bonds is 6. The van der Waals surface area contributed by atoms with Gasteiger partial charge in [0, 0.05) is 5.56 Å². The average Bonchev–Trinajstić information content (AvgIpc) is 2.54. The molecular weight excluding hydrogens is 278 g/mol. The Kier molecular flexibility index (Phi) is 5.42. The predicted octanol–water partition coefficient (Wildman–Crippen LogP) is 3.61. The van der Waals surface area contributed by atoms with Gasteiger partial charge in [0.2, 0.25) is 0 Å². The van der Waals surface area contributed by atoms with Crippen molar-refractivity contribution in [3.05, 3.63) is 64.9 Å². The zero-order valence-corrected chi connectivity index (χ0v) is 13.2. The number of nitrogens with zero attached hydrogens (tertiary/aromatic N) is 1. The van der Waals surface area contributed by atoms with Crippen molar-refractivity contribution >= 4 is 6.21 Å². The van der Waals surface area contributed by atoms with Crippen LogP contribution in [0.1, 0.15) is 25.0 Å². The van der Waals surface area contributed by atoms with Crippen molar-refractivity contribution < 1.29 is 14.2 Å². The fourth-order valence-corrected chi connectivity index (χ4v) is 1.92. The SMILES string of the molecule is COc1cc(C=[N+]([O-])C(C)C)ccc1OCc1ccccc1. The maximum atomic E-state index is 11.7. The van der Waals surface area contributed by atoms with Crippen molar-refractivity contribution in [3.63, 3.8) is 0 Å². The van der Waals surface area contributed by atoms with Gasteiger partial charge in [-0.25, -0.2) is 4.74 Å². The van der Waals surface area contributed by atoms with Crippen LogP contribution in [-0.4, -0.2) is 24.1 Å². The second kappa shape index (κ2) is 7.50. The molecule has 4 heteroatoms. The Morgan fingerprint density at radius 2 is 1.82 bits per heavy atom. The summed E-state index contributed by atoms with van der Waals surface area (Å²) in [5, 5.41) is 11.7. The molecule has 0 saturated carbocycles. The molecule has 2 aromatic rings. The van der Waals surface area contributed by atoms with Crippen LogP contribution in [0.2, 0.25) is 0 Å². The predicted molar refractivity (Wildman–Crippen MR) is 87.7 cm³/mol. The van der Waals surface area contributed by atoms with E-state index in [1.807, 2.05) is 56.3 Å². The van der Waals surface area contributed by atoms with Crippen LogP contribution in [0.4, 0.5) is 0 Å². The van der Waals surface area contributed by atoms with Crippen molar-refractivity contribution in [2.45, 2.75) is 26.5 Å². The Balaban J connectivity index is 2.14. The number of ether oxygens (including phenoxy) is 2. The Morgan fingerprint density at radius 3 is 2.45 bits per heavy atom. The monoisotopic (exact) mass is 299 g/mol. The molecular formula is C18H21NO3. The van der Waals surface area contributed by atoms with Crippen LogP contribution >= 0.6 is 0 Å². The highest BCUT2D eigenvalue weighted by atomic mass is 16.5. The van der Waals surface area contributed by atoms with E-state index in [0.717, 1.165) is 15.9 Å². The summed E-state index contributed by atoms with van der Waals surface area (Å²) in [7, 11) is 1.59. The molecule has 2 aromatic carbocycles. The summed E-state index contributed by atoms with van der Waals surface area (Å²) in [6, 6.07) is 15.3. The summed E-state index contributed by atoms with van der Waals surface area (Å²) in [6.07, 6.45) is 1.55. The van der Waals surface area contributed by atoms with Gasteiger partial charge in [-0.1, -0.05) is 30.3 Å². The van der Waals surface area contributed by atoms with E-state index in [4.69, 9.17) is 9.47 Å². The van der Waals surface area contributed by atoms with Gasteiger partial charge in [0.25, 0.3) is 0 Å². The molecule has 0 aliphatic heterocycles. The summed E-state index contributed by atoms with van der Waals surface area (Å²) >= 11 is 0. The molecule has 0 aliphatic rings. The van der Waals surface area contributed by atoms with Crippen LogP contribution in [0.5, 0.6) is 11.5 Å². The third-order valence-electron chi connectivity index (χ3n) is 3.21. The first-order valence-electron chi connectivity index (χ1n) is 7.25. The van der Waals surface area contributed by atoms with Crippen molar-refractivity contribution in [2.24, 2.45) is 0 Å². The maximum Gasteiger partial charge on any atom is 0.182 e. The third kappa shape index (κ3) is 4.25. The Labute approximate surface area is 131 Å². The molecule has 0 spiro atoms. The molecule has 116 valence electrons. The lowest BCUT2D eigenvalue weighted by Gasteiger charge is -2.12. The summed E-state index contributed by atoms with van der Waals surface area (Å²) in [5.74, 6) is 1.27. The molecule has 22 heavy (non-hydrogen) atoms. The van der Waals surface area contributed by atoms with Gasteiger partial charge in [-0.15, -0.1) is 0 Å². The number of methoxy groups -OCH3 is 1. The van der Waals surface area contributed by atoms with Crippen LogP contribution in [0.3, 0.4) is 0 Å². The van der Waals surface area contributed by atoms with E-state index in [-0.39, 0.29) is 6.04 Å². The number of benzene rings is 2. The van der Waals surface area contributed by atoms with E-state index in [1.165, 1.54) is 0 Å². The quantitative estimate of drug-likeness (QED) is 0.354. The van der Waals surface area contributed by atoms with Crippen LogP contribution in [0.15, 0.2) is 48.5 Å². The first kappa shape index (κ1) is 15.9. The van der Waals surface area contributed by atoms with Gasteiger partial charge in [0.15, 0.2) is 23.8 Å².